The highest BCUT2D eigenvalue weighted by Crippen LogP contribution is 2.22. The average Bonchev–Trinajstić information content (AvgIpc) is 2.48. The Bertz CT molecular complexity index is 478. The smallest absolute Gasteiger partial charge is 0.310 e. The summed E-state index contributed by atoms with van der Waals surface area (Å²) in [6.07, 6.45) is 3.38. The van der Waals surface area contributed by atoms with Crippen LogP contribution in [-0.4, -0.2) is 30.6 Å². The second kappa shape index (κ2) is 6.19. The molecule has 2 heterocycles. The molecule has 5 heteroatoms. The summed E-state index contributed by atoms with van der Waals surface area (Å²) in [6.45, 7) is 3.76. The van der Waals surface area contributed by atoms with Gasteiger partial charge >= 0.3 is 5.97 Å². The van der Waals surface area contributed by atoms with E-state index in [-0.39, 0.29) is 11.9 Å². The van der Waals surface area contributed by atoms with Gasteiger partial charge < -0.3 is 9.64 Å². The third-order valence-electron chi connectivity index (χ3n) is 3.24. The van der Waals surface area contributed by atoms with E-state index in [0.29, 0.717) is 18.7 Å². The highest BCUT2D eigenvalue weighted by atomic mass is 16.5. The van der Waals surface area contributed by atoms with Crippen molar-refractivity contribution in [2.75, 3.05) is 24.6 Å². The first-order chi connectivity index (χ1) is 9.24. The predicted molar refractivity (Wildman–Crippen MR) is 70.5 cm³/mol. The Balaban J connectivity index is 2.04. The Kier molecular flexibility index (Phi) is 4.35. The molecule has 1 unspecified atom stereocenters. The van der Waals surface area contributed by atoms with Gasteiger partial charge in [0, 0.05) is 19.3 Å². The molecule has 1 aromatic heterocycles. The number of aromatic nitrogens is 1. The van der Waals surface area contributed by atoms with Crippen LogP contribution in [0.15, 0.2) is 18.3 Å². The fourth-order valence-electron chi connectivity index (χ4n) is 2.28. The van der Waals surface area contributed by atoms with Crippen LogP contribution in [0.3, 0.4) is 0 Å². The van der Waals surface area contributed by atoms with Crippen molar-refractivity contribution in [1.82, 2.24) is 4.98 Å². The highest BCUT2D eigenvalue weighted by molar-refractivity contribution is 5.73. The lowest BCUT2D eigenvalue weighted by Gasteiger charge is -2.32. The van der Waals surface area contributed by atoms with Gasteiger partial charge in [0.2, 0.25) is 0 Å². The molecule has 1 aliphatic heterocycles. The normalized spacial score (nSPS) is 18.7. The number of hydrogen-bond donors (Lipinski definition) is 0. The number of rotatable bonds is 3. The molecule has 0 saturated carbocycles. The van der Waals surface area contributed by atoms with Crippen molar-refractivity contribution in [2.24, 2.45) is 5.92 Å². The number of carbonyl (C=O) groups excluding carboxylic acids is 1. The van der Waals surface area contributed by atoms with Gasteiger partial charge in [0.15, 0.2) is 0 Å². The van der Waals surface area contributed by atoms with Crippen LogP contribution >= 0.6 is 0 Å². The van der Waals surface area contributed by atoms with Crippen molar-refractivity contribution < 1.29 is 9.53 Å². The van der Waals surface area contributed by atoms with Crippen molar-refractivity contribution in [1.29, 1.82) is 5.26 Å². The van der Waals surface area contributed by atoms with Crippen LogP contribution in [0.25, 0.3) is 0 Å². The SMILES string of the molecule is CCOC(=O)C1CCCN(c2ccc(C#N)cn2)C1. The molecule has 1 aliphatic rings. The summed E-state index contributed by atoms with van der Waals surface area (Å²) in [5.74, 6) is 0.611. The minimum atomic E-state index is -0.124. The van der Waals surface area contributed by atoms with Crippen molar-refractivity contribution >= 4 is 11.8 Å². The summed E-state index contributed by atoms with van der Waals surface area (Å²) in [6, 6.07) is 5.62. The first-order valence-electron chi connectivity index (χ1n) is 6.52. The number of ether oxygens (including phenoxy) is 1. The second-order valence-electron chi connectivity index (χ2n) is 4.55. The van der Waals surface area contributed by atoms with Crippen molar-refractivity contribution in [3.63, 3.8) is 0 Å². The maximum atomic E-state index is 11.8. The van der Waals surface area contributed by atoms with Crippen molar-refractivity contribution in [3.05, 3.63) is 23.9 Å². The van der Waals surface area contributed by atoms with E-state index in [2.05, 4.69) is 9.88 Å². The third-order valence-corrected chi connectivity index (χ3v) is 3.24. The molecule has 1 fully saturated rings. The topological polar surface area (TPSA) is 66.2 Å². The molecule has 1 aromatic rings. The monoisotopic (exact) mass is 259 g/mol. The summed E-state index contributed by atoms with van der Waals surface area (Å²) in [4.78, 5) is 18.1. The van der Waals surface area contributed by atoms with E-state index < -0.39 is 0 Å². The largest absolute Gasteiger partial charge is 0.466 e. The summed E-state index contributed by atoms with van der Waals surface area (Å²) in [5, 5.41) is 8.75. The maximum Gasteiger partial charge on any atom is 0.310 e. The molecule has 100 valence electrons. The zero-order valence-corrected chi connectivity index (χ0v) is 11.0. The van der Waals surface area contributed by atoms with Gasteiger partial charge in [0.25, 0.3) is 0 Å². The minimum absolute atomic E-state index is 0.0776. The van der Waals surface area contributed by atoms with E-state index in [0.717, 1.165) is 25.2 Å². The summed E-state index contributed by atoms with van der Waals surface area (Å²) in [7, 11) is 0. The Labute approximate surface area is 112 Å². The van der Waals surface area contributed by atoms with Gasteiger partial charge in [-0.15, -0.1) is 0 Å². The van der Waals surface area contributed by atoms with Crippen LogP contribution < -0.4 is 4.90 Å². The summed E-state index contributed by atoms with van der Waals surface area (Å²) < 4.78 is 5.07. The Hall–Kier alpha value is -2.09. The fourth-order valence-corrected chi connectivity index (χ4v) is 2.28. The molecular formula is C14H17N3O2. The number of carbonyl (C=O) groups is 1. The van der Waals surface area contributed by atoms with Crippen LogP contribution in [0.5, 0.6) is 0 Å². The zero-order valence-electron chi connectivity index (χ0n) is 11.0. The number of nitriles is 1. The Morgan fingerprint density at radius 1 is 1.63 bits per heavy atom. The van der Waals surface area contributed by atoms with E-state index in [1.54, 1.807) is 12.3 Å². The van der Waals surface area contributed by atoms with Gasteiger partial charge in [-0.3, -0.25) is 4.79 Å². The molecule has 0 N–H and O–H groups in total. The third kappa shape index (κ3) is 3.22. The van der Waals surface area contributed by atoms with E-state index in [9.17, 15) is 4.79 Å². The molecule has 0 spiro atoms. The maximum absolute atomic E-state index is 11.8. The Morgan fingerprint density at radius 3 is 3.11 bits per heavy atom. The number of pyridine rings is 1. The predicted octanol–water partition coefficient (Wildman–Crippen LogP) is 1.73. The van der Waals surface area contributed by atoms with Crippen LogP contribution in [0.1, 0.15) is 25.3 Å². The Morgan fingerprint density at radius 2 is 2.47 bits per heavy atom. The molecule has 0 amide bonds. The first-order valence-corrected chi connectivity index (χ1v) is 6.52. The van der Waals surface area contributed by atoms with Gasteiger partial charge in [0.05, 0.1) is 18.1 Å². The second-order valence-corrected chi connectivity index (χ2v) is 4.55. The van der Waals surface area contributed by atoms with Gasteiger partial charge in [0.1, 0.15) is 11.9 Å². The van der Waals surface area contributed by atoms with Crippen LogP contribution in [0.4, 0.5) is 5.82 Å². The van der Waals surface area contributed by atoms with Gasteiger partial charge in [-0.1, -0.05) is 0 Å². The number of nitrogens with zero attached hydrogens (tertiary/aromatic N) is 3. The summed E-state index contributed by atoms with van der Waals surface area (Å²) in [5.41, 5.74) is 0.544. The molecule has 0 bridgehead atoms. The number of piperidine rings is 1. The van der Waals surface area contributed by atoms with E-state index in [1.165, 1.54) is 0 Å². The highest BCUT2D eigenvalue weighted by Gasteiger charge is 2.27. The average molecular weight is 259 g/mol. The van der Waals surface area contributed by atoms with E-state index in [1.807, 2.05) is 19.1 Å². The zero-order chi connectivity index (χ0) is 13.7. The molecular weight excluding hydrogens is 242 g/mol. The van der Waals surface area contributed by atoms with E-state index >= 15 is 0 Å². The lowest BCUT2D eigenvalue weighted by Crippen LogP contribution is -2.39. The number of anilines is 1. The summed E-state index contributed by atoms with van der Waals surface area (Å²) >= 11 is 0. The number of esters is 1. The van der Waals surface area contributed by atoms with Crippen molar-refractivity contribution in [3.8, 4) is 6.07 Å². The standard InChI is InChI=1S/C14H17N3O2/c1-2-19-14(18)12-4-3-7-17(10-12)13-6-5-11(8-15)9-16-13/h5-6,9,12H,2-4,7,10H2,1H3. The van der Waals surface area contributed by atoms with E-state index in [4.69, 9.17) is 10.00 Å². The molecule has 0 aliphatic carbocycles. The lowest BCUT2D eigenvalue weighted by molar-refractivity contribution is -0.148. The molecule has 0 aromatic carbocycles. The van der Waals surface area contributed by atoms with Crippen LogP contribution in [-0.2, 0) is 9.53 Å². The number of hydrogen-bond acceptors (Lipinski definition) is 5. The molecule has 5 nitrogen and oxygen atoms in total. The van der Waals surface area contributed by atoms with Crippen LogP contribution in [0, 0.1) is 17.2 Å². The lowest BCUT2D eigenvalue weighted by atomic mass is 9.98. The minimum Gasteiger partial charge on any atom is -0.466 e. The van der Waals surface area contributed by atoms with Gasteiger partial charge in [-0.05, 0) is 31.9 Å². The quantitative estimate of drug-likeness (QED) is 0.773. The van der Waals surface area contributed by atoms with Gasteiger partial charge in [-0.2, -0.15) is 5.26 Å². The molecule has 1 saturated heterocycles. The molecule has 2 rings (SSSR count). The molecule has 19 heavy (non-hydrogen) atoms. The molecule has 0 radical (unpaired) electrons. The fraction of sp³-hybridized carbons (Fsp3) is 0.500. The van der Waals surface area contributed by atoms with Gasteiger partial charge in [-0.25, -0.2) is 4.98 Å². The van der Waals surface area contributed by atoms with Crippen LogP contribution in [0.2, 0.25) is 0 Å². The molecule has 1 atom stereocenters. The van der Waals surface area contributed by atoms with Crippen molar-refractivity contribution in [2.45, 2.75) is 19.8 Å². The first kappa shape index (κ1) is 13.3.